The van der Waals surface area contributed by atoms with Gasteiger partial charge in [0.15, 0.2) is 0 Å². The van der Waals surface area contributed by atoms with E-state index in [0.717, 1.165) is 6.42 Å². The molecule has 0 aromatic carbocycles. The summed E-state index contributed by atoms with van der Waals surface area (Å²) >= 11 is 0. The summed E-state index contributed by atoms with van der Waals surface area (Å²) in [7, 11) is 3.51. The van der Waals surface area contributed by atoms with Gasteiger partial charge in [-0.2, -0.15) is 0 Å². The zero-order valence-corrected chi connectivity index (χ0v) is 12.1. The molecular weight excluding hydrogens is 232 g/mol. The van der Waals surface area contributed by atoms with Crippen molar-refractivity contribution in [2.45, 2.75) is 46.1 Å². The molecule has 106 valence electrons. The van der Waals surface area contributed by atoms with Crippen molar-refractivity contribution in [3.63, 3.8) is 0 Å². The van der Waals surface area contributed by atoms with Crippen molar-refractivity contribution < 1.29 is 14.7 Å². The maximum atomic E-state index is 12.0. The molecule has 0 aliphatic rings. The monoisotopic (exact) mass is 258 g/mol. The molecule has 0 heterocycles. The van der Waals surface area contributed by atoms with Gasteiger partial charge in [-0.1, -0.05) is 13.8 Å². The predicted molar refractivity (Wildman–Crippen MR) is 71.6 cm³/mol. The van der Waals surface area contributed by atoms with E-state index >= 15 is 0 Å². The van der Waals surface area contributed by atoms with Crippen LogP contribution in [0.2, 0.25) is 0 Å². The van der Waals surface area contributed by atoms with Crippen molar-refractivity contribution in [1.82, 2.24) is 9.80 Å². The quantitative estimate of drug-likeness (QED) is 0.762. The molecule has 2 amide bonds. The van der Waals surface area contributed by atoms with Gasteiger partial charge in [0.25, 0.3) is 0 Å². The number of rotatable bonds is 7. The van der Waals surface area contributed by atoms with Crippen LogP contribution in [0.25, 0.3) is 0 Å². The van der Waals surface area contributed by atoms with Crippen LogP contribution in [0.5, 0.6) is 0 Å². The lowest BCUT2D eigenvalue weighted by molar-refractivity contribution is -0.137. The highest BCUT2D eigenvalue weighted by Gasteiger charge is 2.19. The van der Waals surface area contributed by atoms with E-state index in [2.05, 4.69) is 13.8 Å². The van der Waals surface area contributed by atoms with E-state index in [9.17, 15) is 9.59 Å². The average Bonchev–Trinajstić information content (AvgIpc) is 2.25. The number of aliphatic carboxylic acids is 1. The minimum absolute atomic E-state index is 0.0476. The summed E-state index contributed by atoms with van der Waals surface area (Å²) in [5.74, 6) is -0.273. The molecule has 0 spiro atoms. The number of carbonyl (C=O) groups is 2. The van der Waals surface area contributed by atoms with Crippen molar-refractivity contribution in [2.24, 2.45) is 5.92 Å². The predicted octanol–water partition coefficient (Wildman–Crippen LogP) is 2.27. The molecule has 0 aromatic rings. The van der Waals surface area contributed by atoms with Crippen LogP contribution in [0, 0.1) is 5.92 Å². The highest BCUT2D eigenvalue weighted by Crippen LogP contribution is 2.11. The van der Waals surface area contributed by atoms with Crippen LogP contribution in [-0.2, 0) is 4.79 Å². The molecular formula is C13H26N2O3. The maximum Gasteiger partial charge on any atom is 0.319 e. The Kier molecular flexibility index (Phi) is 7.39. The standard InChI is InChI=1S/C13H26N2O3/c1-10(2)9-11(3)15(5)13(18)14(4)8-6-7-12(16)17/h10-11H,6-9H2,1-5H3,(H,16,17). The summed E-state index contributed by atoms with van der Waals surface area (Å²) in [5, 5.41) is 8.55. The number of carboxylic acids is 1. The van der Waals surface area contributed by atoms with Crippen molar-refractivity contribution in [2.75, 3.05) is 20.6 Å². The number of amides is 2. The lowest BCUT2D eigenvalue weighted by atomic mass is 10.0. The molecule has 18 heavy (non-hydrogen) atoms. The Morgan fingerprint density at radius 2 is 1.72 bits per heavy atom. The van der Waals surface area contributed by atoms with Crippen molar-refractivity contribution in [1.29, 1.82) is 0 Å². The smallest absolute Gasteiger partial charge is 0.319 e. The zero-order valence-electron chi connectivity index (χ0n) is 12.1. The number of hydrogen-bond donors (Lipinski definition) is 1. The van der Waals surface area contributed by atoms with Crippen LogP contribution in [0.1, 0.15) is 40.0 Å². The molecule has 0 aromatic heterocycles. The van der Waals surface area contributed by atoms with Crippen LogP contribution in [0.4, 0.5) is 4.79 Å². The average molecular weight is 258 g/mol. The van der Waals surface area contributed by atoms with Crippen LogP contribution < -0.4 is 0 Å². The SMILES string of the molecule is CC(C)CC(C)N(C)C(=O)N(C)CCCC(=O)O. The highest BCUT2D eigenvalue weighted by molar-refractivity contribution is 5.74. The molecule has 0 fully saturated rings. The second kappa shape index (κ2) is 7.95. The molecule has 0 saturated heterocycles. The third-order valence-electron chi connectivity index (χ3n) is 2.99. The van der Waals surface area contributed by atoms with E-state index in [1.54, 1.807) is 23.9 Å². The first-order valence-corrected chi connectivity index (χ1v) is 6.45. The van der Waals surface area contributed by atoms with E-state index in [-0.39, 0.29) is 18.5 Å². The fourth-order valence-electron chi connectivity index (χ4n) is 1.86. The summed E-state index contributed by atoms with van der Waals surface area (Å²) < 4.78 is 0. The number of carbonyl (C=O) groups excluding carboxylic acids is 1. The zero-order chi connectivity index (χ0) is 14.3. The summed E-state index contributed by atoms with van der Waals surface area (Å²) in [5.41, 5.74) is 0. The Bertz CT molecular complexity index is 279. The fraction of sp³-hybridized carbons (Fsp3) is 0.846. The van der Waals surface area contributed by atoms with E-state index in [0.29, 0.717) is 18.9 Å². The molecule has 1 N–H and O–H groups in total. The molecule has 0 aliphatic heterocycles. The van der Waals surface area contributed by atoms with E-state index in [4.69, 9.17) is 5.11 Å². The molecule has 1 atom stereocenters. The first-order valence-electron chi connectivity index (χ1n) is 6.45. The maximum absolute atomic E-state index is 12.0. The molecule has 1 unspecified atom stereocenters. The molecule has 0 rings (SSSR count). The van der Waals surface area contributed by atoms with Gasteiger partial charge in [0.1, 0.15) is 0 Å². The topological polar surface area (TPSA) is 60.9 Å². The second-order valence-corrected chi connectivity index (χ2v) is 5.29. The van der Waals surface area contributed by atoms with Crippen LogP contribution in [0.3, 0.4) is 0 Å². The Hall–Kier alpha value is -1.26. The summed E-state index contributed by atoms with van der Waals surface area (Å²) in [4.78, 5) is 25.8. The Morgan fingerprint density at radius 1 is 1.17 bits per heavy atom. The van der Waals surface area contributed by atoms with Gasteiger partial charge in [0, 0.05) is 33.1 Å². The number of urea groups is 1. The first-order chi connectivity index (χ1) is 8.25. The van der Waals surface area contributed by atoms with Gasteiger partial charge in [0.05, 0.1) is 0 Å². The lowest BCUT2D eigenvalue weighted by Gasteiger charge is -2.30. The third-order valence-corrected chi connectivity index (χ3v) is 2.99. The number of nitrogens with zero attached hydrogens (tertiary/aromatic N) is 2. The minimum Gasteiger partial charge on any atom is -0.481 e. The van der Waals surface area contributed by atoms with Crippen LogP contribution >= 0.6 is 0 Å². The first kappa shape index (κ1) is 16.7. The fourth-order valence-corrected chi connectivity index (χ4v) is 1.86. The van der Waals surface area contributed by atoms with E-state index in [1.807, 2.05) is 6.92 Å². The highest BCUT2D eigenvalue weighted by atomic mass is 16.4. The van der Waals surface area contributed by atoms with Gasteiger partial charge in [0.2, 0.25) is 0 Å². The van der Waals surface area contributed by atoms with Gasteiger partial charge in [-0.15, -0.1) is 0 Å². The minimum atomic E-state index is -0.822. The van der Waals surface area contributed by atoms with Crippen molar-refractivity contribution in [3.8, 4) is 0 Å². The van der Waals surface area contributed by atoms with E-state index < -0.39 is 5.97 Å². The summed E-state index contributed by atoms with van der Waals surface area (Å²) in [6.07, 6.45) is 1.55. The Labute approximate surface area is 110 Å². The third kappa shape index (κ3) is 6.47. The van der Waals surface area contributed by atoms with Gasteiger partial charge < -0.3 is 14.9 Å². The normalized spacial score (nSPS) is 12.3. The molecule has 0 aliphatic carbocycles. The Morgan fingerprint density at radius 3 is 2.17 bits per heavy atom. The lowest BCUT2D eigenvalue weighted by Crippen LogP contribution is -2.44. The van der Waals surface area contributed by atoms with Crippen LogP contribution in [-0.4, -0.2) is 53.6 Å². The summed E-state index contributed by atoms with van der Waals surface area (Å²) in [6.45, 7) is 6.77. The van der Waals surface area contributed by atoms with E-state index in [1.165, 1.54) is 0 Å². The van der Waals surface area contributed by atoms with Gasteiger partial charge in [-0.05, 0) is 25.7 Å². The van der Waals surface area contributed by atoms with Gasteiger partial charge in [-0.3, -0.25) is 4.79 Å². The van der Waals surface area contributed by atoms with Gasteiger partial charge >= 0.3 is 12.0 Å². The molecule has 0 bridgehead atoms. The Balaban J connectivity index is 4.14. The molecule has 0 radical (unpaired) electrons. The van der Waals surface area contributed by atoms with Gasteiger partial charge in [-0.25, -0.2) is 4.79 Å². The molecule has 5 nitrogen and oxygen atoms in total. The molecule has 5 heteroatoms. The largest absolute Gasteiger partial charge is 0.481 e. The van der Waals surface area contributed by atoms with Crippen LogP contribution in [0.15, 0.2) is 0 Å². The number of carboxylic acid groups (broad SMARTS) is 1. The molecule has 0 saturated carbocycles. The second-order valence-electron chi connectivity index (χ2n) is 5.29. The number of hydrogen-bond acceptors (Lipinski definition) is 2. The van der Waals surface area contributed by atoms with Crippen molar-refractivity contribution >= 4 is 12.0 Å². The summed E-state index contributed by atoms with van der Waals surface area (Å²) in [6, 6.07) is 0.146. The van der Waals surface area contributed by atoms with Crippen molar-refractivity contribution in [3.05, 3.63) is 0 Å².